The lowest BCUT2D eigenvalue weighted by atomic mass is 10.0. The van der Waals surface area contributed by atoms with Gasteiger partial charge in [0.05, 0.1) is 6.04 Å². The van der Waals surface area contributed by atoms with Crippen molar-refractivity contribution in [3.05, 3.63) is 0 Å². The van der Waals surface area contributed by atoms with Gasteiger partial charge in [0.15, 0.2) is 30.5 Å². The molecule has 0 saturated carbocycles. The summed E-state index contributed by atoms with van der Waals surface area (Å²) in [4.78, 5) is 107. The number of aliphatic hydroxyl groups is 3. The number of carbonyl (C=O) groups excluding carboxylic acids is 9. The molecule has 0 spiro atoms. The highest BCUT2D eigenvalue weighted by atomic mass is 16.7. The van der Waals surface area contributed by atoms with Crippen molar-refractivity contribution in [1.82, 2.24) is 0 Å². The summed E-state index contributed by atoms with van der Waals surface area (Å²) in [5.41, 5.74) is 5.81. The summed E-state index contributed by atoms with van der Waals surface area (Å²) >= 11 is 0. The molecular weight excluding hydrogens is 698 g/mol. The molecule has 9 atom stereocenters. The Bertz CT molecular complexity index is 1250. The maximum Gasteiger partial charge on any atom is 0.351 e. The molecule has 0 saturated heterocycles. The van der Waals surface area contributed by atoms with Crippen LogP contribution in [0.2, 0.25) is 0 Å². The Morgan fingerprint density at radius 2 is 0.843 bits per heavy atom. The molecule has 0 bridgehead atoms. The van der Waals surface area contributed by atoms with E-state index < -0.39 is 135 Å². The largest absolute Gasteiger partial charge is 0.462 e. The van der Waals surface area contributed by atoms with Gasteiger partial charge in [-0.15, -0.1) is 0 Å². The summed E-state index contributed by atoms with van der Waals surface area (Å²) < 4.78 is 44.4. The maximum atomic E-state index is 13.2. The van der Waals surface area contributed by atoms with Gasteiger partial charge in [-0.3, -0.25) is 33.6 Å². The Morgan fingerprint density at radius 3 is 1.27 bits per heavy atom. The molecule has 5 N–H and O–H groups in total. The summed E-state index contributed by atoms with van der Waals surface area (Å²) in [5.74, 6) is -10.0. The van der Waals surface area contributed by atoms with Crippen LogP contribution < -0.4 is 5.73 Å². The van der Waals surface area contributed by atoms with Gasteiger partial charge >= 0.3 is 53.7 Å². The van der Waals surface area contributed by atoms with Gasteiger partial charge in [-0.05, 0) is 0 Å². The first-order chi connectivity index (χ1) is 23.6. The fourth-order valence-corrected chi connectivity index (χ4v) is 3.83. The first-order valence-corrected chi connectivity index (χ1v) is 14.8. The lowest BCUT2D eigenvalue weighted by Gasteiger charge is -2.34. The summed E-state index contributed by atoms with van der Waals surface area (Å²) in [6, 6.07) is -1.39. The van der Waals surface area contributed by atoms with Crippen LogP contribution in [-0.4, -0.2) is 150 Å². The van der Waals surface area contributed by atoms with Crippen molar-refractivity contribution in [2.24, 2.45) is 5.73 Å². The van der Waals surface area contributed by atoms with Crippen molar-refractivity contribution in [2.75, 3.05) is 26.4 Å². The second-order valence-electron chi connectivity index (χ2n) is 10.5. The third-order valence-corrected chi connectivity index (χ3v) is 5.83. The van der Waals surface area contributed by atoms with E-state index in [-0.39, 0.29) is 0 Å². The Morgan fingerprint density at radius 1 is 0.451 bits per heavy atom. The lowest BCUT2D eigenvalue weighted by Crippen LogP contribution is -2.55. The second kappa shape index (κ2) is 22.7. The number of carbonyl (C=O) groups is 9. The number of nitrogens with two attached hydrogens (primary N) is 1. The Balaban J connectivity index is 5.93. The fourth-order valence-electron chi connectivity index (χ4n) is 3.83. The smallest absolute Gasteiger partial charge is 0.351 e. The van der Waals surface area contributed by atoms with Gasteiger partial charge in [0.2, 0.25) is 6.10 Å². The Hall–Kier alpha value is -4.93. The van der Waals surface area contributed by atoms with E-state index in [1.165, 1.54) is 0 Å². The lowest BCUT2D eigenvalue weighted by molar-refractivity contribution is -0.208. The summed E-state index contributed by atoms with van der Waals surface area (Å²) in [6.45, 7) is 3.32. The molecule has 51 heavy (non-hydrogen) atoms. The van der Waals surface area contributed by atoms with E-state index in [9.17, 15) is 58.5 Å². The van der Waals surface area contributed by atoms with E-state index in [0.717, 1.165) is 48.5 Å². The minimum absolute atomic E-state index is 0.740. The first kappa shape index (κ1) is 46.1. The molecule has 1 unspecified atom stereocenters. The number of hydrogen-bond donors (Lipinski definition) is 4. The van der Waals surface area contributed by atoms with Gasteiger partial charge in [-0.25, -0.2) is 9.59 Å². The van der Waals surface area contributed by atoms with Crippen LogP contribution in [0.25, 0.3) is 0 Å². The molecule has 290 valence electrons. The Kier molecular flexibility index (Phi) is 20.5. The van der Waals surface area contributed by atoms with Gasteiger partial charge in [-0.2, -0.15) is 0 Å². The zero-order chi connectivity index (χ0) is 39.6. The summed E-state index contributed by atoms with van der Waals surface area (Å²) in [7, 11) is 0. The molecule has 0 aromatic heterocycles. The van der Waals surface area contributed by atoms with Crippen molar-refractivity contribution in [3.63, 3.8) is 0 Å². The van der Waals surface area contributed by atoms with Gasteiger partial charge in [0.1, 0.15) is 38.6 Å². The van der Waals surface area contributed by atoms with Crippen LogP contribution in [0.1, 0.15) is 48.5 Å². The molecule has 0 aromatic carbocycles. The molecule has 0 fully saturated rings. The minimum Gasteiger partial charge on any atom is -0.462 e. The van der Waals surface area contributed by atoms with Crippen LogP contribution in [-0.2, 0) is 85.8 Å². The second-order valence-corrected chi connectivity index (χ2v) is 10.5. The number of esters is 9. The monoisotopic (exact) mass is 741 g/mol. The maximum absolute atomic E-state index is 13.2. The third-order valence-electron chi connectivity index (χ3n) is 5.83. The standard InChI is InChI=1S/C29H43NO21/c1-12(31)43-10-20(47-14(3)33)22(38)23(39)24(40)28(41)45-8-19(30)9-46-29(42)27(51-18(7)37)26(50-17(6)36)25(49-16(5)35)21(48-15(4)34)11-44-13(2)32/h19-27,38-40H,8-11,30H2,1-7H3/t19?,20-,21-,22-,23+,24-,25-,26+,27-/m1/s1. The molecule has 22 heteroatoms. The van der Waals surface area contributed by atoms with Crippen LogP contribution >= 0.6 is 0 Å². The molecule has 0 aromatic rings. The van der Waals surface area contributed by atoms with Crippen LogP contribution in [0.3, 0.4) is 0 Å². The van der Waals surface area contributed by atoms with Crippen molar-refractivity contribution in [2.45, 2.75) is 103 Å². The first-order valence-electron chi connectivity index (χ1n) is 14.8. The van der Waals surface area contributed by atoms with Crippen LogP contribution in [0.5, 0.6) is 0 Å². The van der Waals surface area contributed by atoms with Crippen molar-refractivity contribution >= 4 is 53.7 Å². The third kappa shape index (κ3) is 18.6. The Labute approximate surface area is 290 Å². The van der Waals surface area contributed by atoms with E-state index in [1.54, 1.807) is 0 Å². The molecular formula is C29H43NO21. The van der Waals surface area contributed by atoms with Crippen LogP contribution in [0.4, 0.5) is 0 Å². The number of hydrogen-bond acceptors (Lipinski definition) is 22. The zero-order valence-electron chi connectivity index (χ0n) is 28.8. The van der Waals surface area contributed by atoms with Crippen molar-refractivity contribution < 1.29 is 101 Å². The van der Waals surface area contributed by atoms with E-state index in [1.807, 2.05) is 0 Å². The number of aliphatic hydroxyl groups excluding tert-OH is 3. The number of ether oxygens (including phenoxy) is 9. The molecule has 0 radical (unpaired) electrons. The normalized spacial score (nSPS) is 16.1. The highest BCUT2D eigenvalue weighted by Crippen LogP contribution is 2.21. The topological polar surface area (TPSA) is 323 Å². The predicted molar refractivity (Wildman–Crippen MR) is 159 cm³/mol. The van der Waals surface area contributed by atoms with E-state index >= 15 is 0 Å². The summed E-state index contributed by atoms with van der Waals surface area (Å²) in [6.07, 6.45) is -16.6. The SMILES string of the molecule is CC(=O)OC[C@@H](OC(C)=O)[C@@H](O)[C@H](O)[C@@H](O)C(=O)OCC(N)COC(=O)[C@H](OC(C)=O)[C@@H](OC(C)=O)[C@H](OC(C)=O)[C@@H](COC(C)=O)OC(C)=O. The average molecular weight is 742 g/mol. The zero-order valence-corrected chi connectivity index (χ0v) is 28.8. The minimum atomic E-state index is -2.46. The van der Waals surface area contributed by atoms with Gasteiger partial charge in [0, 0.05) is 48.5 Å². The molecule has 0 amide bonds. The molecule has 0 rings (SSSR count). The van der Waals surface area contributed by atoms with Crippen LogP contribution in [0.15, 0.2) is 0 Å². The molecule has 0 aliphatic carbocycles. The van der Waals surface area contributed by atoms with E-state index in [2.05, 4.69) is 4.74 Å². The van der Waals surface area contributed by atoms with E-state index in [0.29, 0.717) is 0 Å². The predicted octanol–water partition coefficient (Wildman–Crippen LogP) is -3.73. The van der Waals surface area contributed by atoms with Crippen molar-refractivity contribution in [3.8, 4) is 0 Å². The molecule has 0 heterocycles. The molecule has 22 nitrogen and oxygen atoms in total. The van der Waals surface area contributed by atoms with Gasteiger partial charge in [0.25, 0.3) is 0 Å². The van der Waals surface area contributed by atoms with Crippen LogP contribution in [0, 0.1) is 0 Å². The number of rotatable bonds is 21. The van der Waals surface area contributed by atoms with Gasteiger partial charge in [-0.1, -0.05) is 0 Å². The van der Waals surface area contributed by atoms with Crippen molar-refractivity contribution in [1.29, 1.82) is 0 Å². The highest BCUT2D eigenvalue weighted by molar-refractivity contribution is 5.80. The quantitative estimate of drug-likeness (QED) is 0.0649. The van der Waals surface area contributed by atoms with E-state index in [4.69, 9.17) is 43.6 Å². The molecule has 0 aliphatic heterocycles. The average Bonchev–Trinajstić information content (AvgIpc) is 3.01. The highest BCUT2D eigenvalue weighted by Gasteiger charge is 2.48. The van der Waals surface area contributed by atoms with Gasteiger partial charge < -0.3 is 63.7 Å². The molecule has 0 aliphatic rings. The fraction of sp³-hybridized carbons (Fsp3) is 0.690. The summed E-state index contributed by atoms with van der Waals surface area (Å²) in [5, 5.41) is 30.7.